The molecule has 5 rings (SSSR count). The van der Waals surface area contributed by atoms with Crippen molar-refractivity contribution in [2.75, 3.05) is 0 Å². The standard InChI is InChI=1S/C27H31N5O2S/c1-17-14-15-18(2)23(16-17)31-25(34)21-12-8-9-13-22(21)32-26(31)29-30-27(32)35-19(3)24(33)28-20-10-6-4-5-7-11-20/h8-9,12-16,19-20H,4-7,10-11H2,1-3H3,(H,28,33). The zero-order chi connectivity index (χ0) is 24.5. The number of aromatic nitrogens is 4. The van der Waals surface area contributed by atoms with Gasteiger partial charge >= 0.3 is 0 Å². The number of nitrogens with one attached hydrogen (secondary N) is 1. The summed E-state index contributed by atoms with van der Waals surface area (Å²) < 4.78 is 3.54. The first-order valence-electron chi connectivity index (χ1n) is 12.4. The van der Waals surface area contributed by atoms with E-state index in [-0.39, 0.29) is 22.8 Å². The fraction of sp³-hybridized carbons (Fsp3) is 0.407. The number of nitrogens with zero attached hydrogens (tertiary/aromatic N) is 4. The van der Waals surface area contributed by atoms with Crippen molar-refractivity contribution in [3.05, 3.63) is 63.9 Å². The number of amides is 1. The molecule has 0 bridgehead atoms. The van der Waals surface area contributed by atoms with Crippen molar-refractivity contribution < 1.29 is 4.79 Å². The minimum Gasteiger partial charge on any atom is -0.352 e. The first-order valence-corrected chi connectivity index (χ1v) is 13.3. The lowest BCUT2D eigenvalue weighted by atomic mass is 10.1. The second-order valence-electron chi connectivity index (χ2n) is 9.52. The van der Waals surface area contributed by atoms with Gasteiger partial charge in [0.05, 0.1) is 21.8 Å². The summed E-state index contributed by atoms with van der Waals surface area (Å²) in [6, 6.07) is 13.8. The average molecular weight is 490 g/mol. The van der Waals surface area contributed by atoms with Gasteiger partial charge in [-0.2, -0.15) is 0 Å². The Morgan fingerprint density at radius 1 is 1.06 bits per heavy atom. The SMILES string of the molecule is Cc1ccc(C)c(-n2c(=O)c3ccccc3n3c(SC(C)C(=O)NC4CCCCCC4)nnc23)c1. The number of thioether (sulfide) groups is 1. The molecule has 1 unspecified atom stereocenters. The lowest BCUT2D eigenvalue weighted by molar-refractivity contribution is -0.121. The molecule has 1 N–H and O–H groups in total. The molecule has 35 heavy (non-hydrogen) atoms. The highest BCUT2D eigenvalue weighted by Crippen LogP contribution is 2.27. The Kier molecular flexibility index (Phi) is 6.65. The van der Waals surface area contributed by atoms with Crippen LogP contribution in [0.2, 0.25) is 0 Å². The summed E-state index contributed by atoms with van der Waals surface area (Å²) >= 11 is 1.38. The van der Waals surface area contributed by atoms with E-state index in [0.717, 1.165) is 35.2 Å². The van der Waals surface area contributed by atoms with Crippen molar-refractivity contribution in [1.82, 2.24) is 24.5 Å². The molecule has 4 aromatic rings. The molecular weight excluding hydrogens is 458 g/mol. The lowest BCUT2D eigenvalue weighted by Gasteiger charge is -2.19. The number of aryl methyl sites for hydroxylation is 2. The molecule has 7 nitrogen and oxygen atoms in total. The van der Waals surface area contributed by atoms with E-state index in [1.54, 1.807) is 4.57 Å². The number of carbonyl (C=O) groups excluding carboxylic acids is 1. The molecule has 1 fully saturated rings. The van der Waals surface area contributed by atoms with Crippen LogP contribution in [0.4, 0.5) is 0 Å². The molecule has 0 saturated heterocycles. The zero-order valence-electron chi connectivity index (χ0n) is 20.5. The van der Waals surface area contributed by atoms with Crippen LogP contribution in [-0.2, 0) is 4.79 Å². The number of rotatable bonds is 5. The second-order valence-corrected chi connectivity index (χ2v) is 10.8. The summed E-state index contributed by atoms with van der Waals surface area (Å²) in [4.78, 5) is 26.6. The summed E-state index contributed by atoms with van der Waals surface area (Å²) in [5.74, 6) is 0.465. The van der Waals surface area contributed by atoms with E-state index >= 15 is 0 Å². The van der Waals surface area contributed by atoms with Crippen molar-refractivity contribution in [3.63, 3.8) is 0 Å². The largest absolute Gasteiger partial charge is 0.352 e. The molecule has 2 heterocycles. The molecule has 1 aliphatic rings. The maximum atomic E-state index is 13.6. The molecule has 182 valence electrons. The van der Waals surface area contributed by atoms with E-state index in [2.05, 4.69) is 15.5 Å². The van der Waals surface area contributed by atoms with Gasteiger partial charge in [0.15, 0.2) is 5.16 Å². The quantitative estimate of drug-likeness (QED) is 0.316. The number of carbonyl (C=O) groups is 1. The van der Waals surface area contributed by atoms with Crippen LogP contribution < -0.4 is 10.9 Å². The van der Waals surface area contributed by atoms with Gasteiger partial charge in [0.2, 0.25) is 11.7 Å². The minimum absolute atomic E-state index is 0.0193. The van der Waals surface area contributed by atoms with Crippen LogP contribution in [0.1, 0.15) is 56.6 Å². The van der Waals surface area contributed by atoms with Gasteiger partial charge in [-0.1, -0.05) is 61.7 Å². The van der Waals surface area contributed by atoms with Gasteiger partial charge in [0, 0.05) is 6.04 Å². The third kappa shape index (κ3) is 4.59. The van der Waals surface area contributed by atoms with Gasteiger partial charge < -0.3 is 5.32 Å². The van der Waals surface area contributed by atoms with Gasteiger partial charge in [-0.05, 0) is 62.9 Å². The molecule has 0 aliphatic heterocycles. The molecular formula is C27H31N5O2S. The first kappa shape index (κ1) is 23.6. The molecule has 1 amide bonds. The Balaban J connectivity index is 1.56. The Hall–Kier alpha value is -3.13. The van der Waals surface area contributed by atoms with Crippen molar-refractivity contribution in [2.45, 2.75) is 75.7 Å². The molecule has 0 radical (unpaired) electrons. The van der Waals surface area contributed by atoms with Gasteiger partial charge in [-0.3, -0.25) is 14.0 Å². The van der Waals surface area contributed by atoms with Crippen LogP contribution in [0.3, 0.4) is 0 Å². The van der Waals surface area contributed by atoms with E-state index < -0.39 is 0 Å². The summed E-state index contributed by atoms with van der Waals surface area (Å²) in [7, 11) is 0. The second kappa shape index (κ2) is 9.85. The maximum absolute atomic E-state index is 13.6. The van der Waals surface area contributed by atoms with Gasteiger partial charge in [-0.15, -0.1) is 10.2 Å². The molecule has 0 spiro atoms. The Morgan fingerprint density at radius 3 is 2.57 bits per heavy atom. The molecule has 2 aromatic heterocycles. The van der Waals surface area contributed by atoms with E-state index in [9.17, 15) is 9.59 Å². The Bertz CT molecular complexity index is 1450. The van der Waals surface area contributed by atoms with E-state index in [4.69, 9.17) is 0 Å². The molecule has 2 aromatic carbocycles. The van der Waals surface area contributed by atoms with Crippen LogP contribution in [0.25, 0.3) is 22.4 Å². The zero-order valence-corrected chi connectivity index (χ0v) is 21.3. The fourth-order valence-corrected chi connectivity index (χ4v) is 5.75. The van der Waals surface area contributed by atoms with Crippen LogP contribution >= 0.6 is 11.8 Å². The molecule has 1 atom stereocenters. The Labute approximate surface area is 208 Å². The number of hydrogen-bond acceptors (Lipinski definition) is 5. The number of benzene rings is 2. The van der Waals surface area contributed by atoms with Gasteiger partial charge in [-0.25, -0.2) is 4.57 Å². The van der Waals surface area contributed by atoms with Crippen LogP contribution in [-0.4, -0.2) is 36.4 Å². The number of hydrogen-bond donors (Lipinski definition) is 1. The van der Waals surface area contributed by atoms with E-state index in [1.165, 1.54) is 37.4 Å². The highest BCUT2D eigenvalue weighted by molar-refractivity contribution is 8.00. The smallest absolute Gasteiger partial charge is 0.267 e. The van der Waals surface area contributed by atoms with Crippen molar-refractivity contribution in [1.29, 1.82) is 0 Å². The van der Waals surface area contributed by atoms with Crippen molar-refractivity contribution >= 4 is 34.3 Å². The summed E-state index contributed by atoms with van der Waals surface area (Å²) in [5, 5.41) is 13.0. The minimum atomic E-state index is -0.342. The topological polar surface area (TPSA) is 81.3 Å². The Morgan fingerprint density at radius 2 is 1.80 bits per heavy atom. The highest BCUT2D eigenvalue weighted by Gasteiger charge is 2.24. The van der Waals surface area contributed by atoms with E-state index in [0.29, 0.717) is 16.3 Å². The van der Waals surface area contributed by atoms with Crippen LogP contribution in [0.15, 0.2) is 52.4 Å². The van der Waals surface area contributed by atoms with E-state index in [1.807, 2.05) is 67.6 Å². The molecule has 8 heteroatoms. The summed E-state index contributed by atoms with van der Waals surface area (Å²) in [6.07, 6.45) is 6.93. The predicted molar refractivity (Wildman–Crippen MR) is 141 cm³/mol. The lowest BCUT2D eigenvalue weighted by Crippen LogP contribution is -2.39. The van der Waals surface area contributed by atoms with Crippen molar-refractivity contribution in [3.8, 4) is 5.69 Å². The monoisotopic (exact) mass is 489 g/mol. The molecule has 1 saturated carbocycles. The third-order valence-electron chi connectivity index (χ3n) is 6.85. The summed E-state index contributed by atoms with van der Waals surface area (Å²) in [6.45, 7) is 5.89. The average Bonchev–Trinajstić information content (AvgIpc) is 3.08. The van der Waals surface area contributed by atoms with Gasteiger partial charge in [0.25, 0.3) is 5.56 Å². The normalized spacial score (nSPS) is 15.9. The van der Waals surface area contributed by atoms with Crippen LogP contribution in [0.5, 0.6) is 0 Å². The van der Waals surface area contributed by atoms with Crippen molar-refractivity contribution in [2.24, 2.45) is 0 Å². The number of para-hydroxylation sites is 1. The predicted octanol–water partition coefficient (Wildman–Crippen LogP) is 4.97. The van der Waals surface area contributed by atoms with Crippen LogP contribution in [0, 0.1) is 13.8 Å². The molecule has 1 aliphatic carbocycles. The van der Waals surface area contributed by atoms with Gasteiger partial charge in [0.1, 0.15) is 0 Å². The summed E-state index contributed by atoms with van der Waals surface area (Å²) in [5.41, 5.74) is 3.42. The number of fused-ring (bicyclic) bond motifs is 3. The maximum Gasteiger partial charge on any atom is 0.267 e. The third-order valence-corrected chi connectivity index (χ3v) is 7.90. The highest BCUT2D eigenvalue weighted by atomic mass is 32.2. The fourth-order valence-electron chi connectivity index (χ4n) is 4.89. The first-order chi connectivity index (χ1) is 16.9.